The van der Waals surface area contributed by atoms with Gasteiger partial charge < -0.3 is 10.2 Å². The Bertz CT molecular complexity index is 786. The molecule has 146 valence electrons. The van der Waals surface area contributed by atoms with Gasteiger partial charge >= 0.3 is 0 Å². The second-order valence-corrected chi connectivity index (χ2v) is 9.40. The van der Waals surface area contributed by atoms with Crippen molar-refractivity contribution in [2.24, 2.45) is 5.41 Å². The lowest BCUT2D eigenvalue weighted by molar-refractivity contribution is -0.123. The molecule has 2 aromatic heterocycles. The molecule has 1 aliphatic heterocycles. The molecule has 1 N–H and O–H groups in total. The lowest BCUT2D eigenvalue weighted by Gasteiger charge is -2.35. The van der Waals surface area contributed by atoms with Gasteiger partial charge in [-0.05, 0) is 26.0 Å². The Balaban J connectivity index is 1.53. The lowest BCUT2D eigenvalue weighted by atomic mass is 9.96. The van der Waals surface area contributed by atoms with Crippen molar-refractivity contribution in [1.82, 2.24) is 14.9 Å². The number of nitrogens with one attached hydrogen (secondary N) is 1. The number of pyridine rings is 1. The summed E-state index contributed by atoms with van der Waals surface area (Å²) in [7, 11) is 0. The fourth-order valence-electron chi connectivity index (χ4n) is 3.04. The molecular weight excluding hydrogens is 358 g/mol. The van der Waals surface area contributed by atoms with Gasteiger partial charge in [-0.3, -0.25) is 9.69 Å². The zero-order valence-corrected chi connectivity index (χ0v) is 17.7. The van der Waals surface area contributed by atoms with Gasteiger partial charge in [-0.15, -0.1) is 11.3 Å². The van der Waals surface area contributed by atoms with Crippen molar-refractivity contribution in [3.63, 3.8) is 0 Å². The van der Waals surface area contributed by atoms with Crippen LogP contribution in [-0.2, 0) is 11.3 Å². The number of nitrogens with zero attached hydrogens (tertiary/aromatic N) is 4. The average molecular weight is 388 g/mol. The van der Waals surface area contributed by atoms with Crippen molar-refractivity contribution in [3.05, 3.63) is 33.9 Å². The first kappa shape index (κ1) is 19.8. The third-order valence-corrected chi connectivity index (χ3v) is 5.83. The van der Waals surface area contributed by atoms with Gasteiger partial charge in [-0.25, -0.2) is 9.97 Å². The molecule has 0 atom stereocenters. The van der Waals surface area contributed by atoms with Gasteiger partial charge in [-0.1, -0.05) is 20.8 Å². The minimum absolute atomic E-state index is 0.0232. The summed E-state index contributed by atoms with van der Waals surface area (Å²) in [4.78, 5) is 27.2. The predicted molar refractivity (Wildman–Crippen MR) is 111 cm³/mol. The van der Waals surface area contributed by atoms with Crippen LogP contribution in [0.1, 0.15) is 36.3 Å². The SMILES string of the molecule is Cc1nc(C)c(CN2CCN(c3ccc(NC(=O)C(C)(C)C)nc3)CC2)s1. The van der Waals surface area contributed by atoms with E-state index in [4.69, 9.17) is 0 Å². The summed E-state index contributed by atoms with van der Waals surface area (Å²) in [6.45, 7) is 14.8. The Morgan fingerprint density at radius 1 is 1.19 bits per heavy atom. The number of hydrogen-bond acceptors (Lipinski definition) is 6. The number of thiazole rings is 1. The summed E-state index contributed by atoms with van der Waals surface area (Å²) >= 11 is 1.80. The third kappa shape index (κ3) is 5.05. The van der Waals surface area contributed by atoms with Gasteiger partial charge in [-0.2, -0.15) is 0 Å². The van der Waals surface area contributed by atoms with Crippen LogP contribution in [0.3, 0.4) is 0 Å². The number of carbonyl (C=O) groups is 1. The van der Waals surface area contributed by atoms with E-state index in [2.05, 4.69) is 38.9 Å². The minimum atomic E-state index is -0.425. The molecule has 0 spiro atoms. The van der Waals surface area contributed by atoms with Crippen LogP contribution in [0.2, 0.25) is 0 Å². The van der Waals surface area contributed by atoms with Crippen molar-refractivity contribution in [2.75, 3.05) is 36.4 Å². The molecule has 7 heteroatoms. The molecule has 1 aliphatic rings. The van der Waals surface area contributed by atoms with Gasteiger partial charge in [0.1, 0.15) is 5.82 Å². The minimum Gasteiger partial charge on any atom is -0.368 e. The number of hydrogen-bond donors (Lipinski definition) is 1. The highest BCUT2D eigenvalue weighted by Crippen LogP contribution is 2.22. The highest BCUT2D eigenvalue weighted by atomic mass is 32.1. The summed E-state index contributed by atoms with van der Waals surface area (Å²) in [6, 6.07) is 3.92. The number of rotatable bonds is 4. The first-order chi connectivity index (χ1) is 12.7. The smallest absolute Gasteiger partial charge is 0.230 e. The maximum Gasteiger partial charge on any atom is 0.230 e. The molecule has 1 amide bonds. The summed E-state index contributed by atoms with van der Waals surface area (Å²) in [5.74, 6) is 0.582. The van der Waals surface area contributed by atoms with Gasteiger partial charge in [0.15, 0.2) is 0 Å². The van der Waals surface area contributed by atoms with E-state index in [9.17, 15) is 4.79 Å². The standard InChI is InChI=1S/C20H29N5OS/c1-14-17(27-15(2)22-14)13-24-8-10-25(11-9-24)16-6-7-18(21-12-16)23-19(26)20(3,4)5/h6-7,12H,8-11,13H2,1-5H3,(H,21,23,26). The zero-order chi connectivity index (χ0) is 19.6. The predicted octanol–water partition coefficient (Wildman–Crippen LogP) is 3.46. The van der Waals surface area contributed by atoms with Crippen molar-refractivity contribution < 1.29 is 4.79 Å². The second kappa shape index (κ2) is 7.94. The topological polar surface area (TPSA) is 61.4 Å². The fourth-order valence-corrected chi connectivity index (χ4v) is 4.02. The van der Waals surface area contributed by atoms with Crippen LogP contribution in [0.15, 0.2) is 18.3 Å². The van der Waals surface area contributed by atoms with Crippen LogP contribution >= 0.6 is 11.3 Å². The lowest BCUT2D eigenvalue weighted by Crippen LogP contribution is -2.46. The molecule has 1 fully saturated rings. The van der Waals surface area contributed by atoms with E-state index in [1.807, 2.05) is 39.1 Å². The largest absolute Gasteiger partial charge is 0.368 e. The molecule has 1 saturated heterocycles. The number of carbonyl (C=O) groups excluding carboxylic acids is 1. The summed E-state index contributed by atoms with van der Waals surface area (Å²) < 4.78 is 0. The fraction of sp³-hybridized carbons (Fsp3) is 0.550. The maximum atomic E-state index is 12.1. The summed E-state index contributed by atoms with van der Waals surface area (Å²) in [5.41, 5.74) is 1.84. The van der Waals surface area contributed by atoms with Crippen molar-refractivity contribution in [1.29, 1.82) is 0 Å². The monoisotopic (exact) mass is 387 g/mol. The van der Waals surface area contributed by atoms with Gasteiger partial charge in [0.05, 0.1) is 22.6 Å². The molecule has 3 rings (SSSR count). The molecule has 3 heterocycles. The van der Waals surface area contributed by atoms with Gasteiger partial charge in [0.2, 0.25) is 5.91 Å². The van der Waals surface area contributed by atoms with Crippen LogP contribution < -0.4 is 10.2 Å². The molecule has 6 nitrogen and oxygen atoms in total. The quantitative estimate of drug-likeness (QED) is 0.870. The first-order valence-corrected chi connectivity index (χ1v) is 10.2. The van der Waals surface area contributed by atoms with E-state index in [1.165, 1.54) is 4.88 Å². The van der Waals surface area contributed by atoms with Gasteiger partial charge in [0.25, 0.3) is 0 Å². The maximum absolute atomic E-state index is 12.1. The third-order valence-electron chi connectivity index (χ3n) is 4.77. The van der Waals surface area contributed by atoms with Gasteiger partial charge in [0, 0.05) is 43.0 Å². The molecule has 0 saturated carbocycles. The van der Waals surface area contributed by atoms with E-state index in [-0.39, 0.29) is 5.91 Å². The van der Waals surface area contributed by atoms with E-state index >= 15 is 0 Å². The molecule has 0 aliphatic carbocycles. The number of anilines is 2. The van der Waals surface area contributed by atoms with E-state index < -0.39 is 5.41 Å². The average Bonchev–Trinajstić information content (AvgIpc) is 2.93. The molecule has 0 unspecified atom stereocenters. The summed E-state index contributed by atoms with van der Waals surface area (Å²) in [6.07, 6.45) is 1.85. The number of aromatic nitrogens is 2. The zero-order valence-electron chi connectivity index (χ0n) is 16.9. The Hall–Kier alpha value is -1.99. The Labute approximate surface area is 165 Å². The second-order valence-electron chi connectivity index (χ2n) is 8.11. The van der Waals surface area contributed by atoms with Crippen LogP contribution in [0.25, 0.3) is 0 Å². The Morgan fingerprint density at radius 3 is 2.41 bits per heavy atom. The van der Waals surface area contributed by atoms with E-state index in [0.717, 1.165) is 49.1 Å². The van der Waals surface area contributed by atoms with Crippen LogP contribution in [0.5, 0.6) is 0 Å². The van der Waals surface area contributed by atoms with Crippen LogP contribution in [0.4, 0.5) is 11.5 Å². The highest BCUT2D eigenvalue weighted by molar-refractivity contribution is 7.11. The number of amides is 1. The number of piperazine rings is 1. The highest BCUT2D eigenvalue weighted by Gasteiger charge is 2.22. The molecular formula is C20H29N5OS. The Kier molecular flexibility index (Phi) is 5.81. The Morgan fingerprint density at radius 2 is 1.89 bits per heavy atom. The van der Waals surface area contributed by atoms with E-state index in [1.54, 1.807) is 11.3 Å². The van der Waals surface area contributed by atoms with Crippen molar-refractivity contribution >= 4 is 28.7 Å². The van der Waals surface area contributed by atoms with Crippen molar-refractivity contribution in [3.8, 4) is 0 Å². The van der Waals surface area contributed by atoms with Crippen LogP contribution in [-0.4, -0.2) is 47.0 Å². The molecule has 0 aromatic carbocycles. The normalized spacial score (nSPS) is 15.8. The van der Waals surface area contributed by atoms with Crippen LogP contribution in [0, 0.1) is 19.3 Å². The van der Waals surface area contributed by atoms with Crippen molar-refractivity contribution in [2.45, 2.75) is 41.2 Å². The number of aryl methyl sites for hydroxylation is 2. The molecule has 0 radical (unpaired) electrons. The first-order valence-electron chi connectivity index (χ1n) is 9.40. The van der Waals surface area contributed by atoms with E-state index in [0.29, 0.717) is 5.82 Å². The molecule has 2 aromatic rings. The molecule has 27 heavy (non-hydrogen) atoms. The summed E-state index contributed by atoms with van der Waals surface area (Å²) in [5, 5.41) is 4.02. The molecule has 0 bridgehead atoms.